The van der Waals surface area contributed by atoms with Crippen molar-refractivity contribution < 1.29 is 1.43 Å². The molecule has 0 saturated carbocycles. The molecule has 1 aromatic heterocycles. The third-order valence-electron chi connectivity index (χ3n) is 3.35. The zero-order valence-corrected chi connectivity index (χ0v) is 9.88. The van der Waals surface area contributed by atoms with Gasteiger partial charge in [-0.2, -0.15) is 0 Å². The topological polar surface area (TPSA) is 24.9 Å². The first-order valence-corrected chi connectivity index (χ1v) is 5.97. The zero-order valence-electron chi connectivity index (χ0n) is 9.88. The molecule has 84 valence electrons. The molecule has 0 bridgehead atoms. The molecule has 2 heterocycles. The van der Waals surface area contributed by atoms with Crippen molar-refractivity contribution in [2.75, 3.05) is 5.32 Å². The Hall–Kier alpha value is -1.05. The van der Waals surface area contributed by atoms with Crippen molar-refractivity contribution in [2.45, 2.75) is 52.0 Å². The number of anilines is 1. The van der Waals surface area contributed by atoms with Crippen LogP contribution >= 0.6 is 0 Å². The summed E-state index contributed by atoms with van der Waals surface area (Å²) in [5, 5.41) is 3.47. The fourth-order valence-electron chi connectivity index (χ4n) is 1.99. The summed E-state index contributed by atoms with van der Waals surface area (Å²) in [7, 11) is 0. The molecule has 0 aliphatic carbocycles. The lowest BCUT2D eigenvalue weighted by Crippen LogP contribution is -2.23. The van der Waals surface area contributed by atoms with E-state index in [-0.39, 0.29) is 1.43 Å². The summed E-state index contributed by atoms with van der Waals surface area (Å²) < 4.78 is 0. The molecule has 0 amide bonds. The molecule has 1 aliphatic heterocycles. The average Bonchev–Trinajstić information content (AvgIpc) is 2.27. The summed E-state index contributed by atoms with van der Waals surface area (Å²) >= 11 is 0. The van der Waals surface area contributed by atoms with Crippen molar-refractivity contribution in [3.05, 3.63) is 23.4 Å². The van der Waals surface area contributed by atoms with E-state index < -0.39 is 0 Å². The van der Waals surface area contributed by atoms with Gasteiger partial charge in [-0.05, 0) is 43.7 Å². The lowest BCUT2D eigenvalue weighted by Gasteiger charge is -2.24. The van der Waals surface area contributed by atoms with Gasteiger partial charge in [0.25, 0.3) is 0 Å². The van der Waals surface area contributed by atoms with Gasteiger partial charge in [0.05, 0.1) is 0 Å². The number of fused-ring (bicyclic) bond motifs is 1. The molecular weight excluding hydrogens is 184 g/mol. The molecule has 2 rings (SSSR count). The van der Waals surface area contributed by atoms with Crippen LogP contribution in [-0.2, 0) is 6.42 Å². The lowest BCUT2D eigenvalue weighted by atomic mass is 9.99. The molecule has 1 aromatic rings. The summed E-state index contributed by atoms with van der Waals surface area (Å²) in [6.07, 6.45) is 3.54. The molecule has 0 spiro atoms. The smallest absolute Gasteiger partial charge is 0.129 e. The van der Waals surface area contributed by atoms with Gasteiger partial charge >= 0.3 is 0 Å². The van der Waals surface area contributed by atoms with Crippen molar-refractivity contribution in [1.29, 1.82) is 0 Å². The van der Waals surface area contributed by atoms with E-state index in [1.165, 1.54) is 17.7 Å². The van der Waals surface area contributed by atoms with Crippen molar-refractivity contribution in [3.8, 4) is 0 Å². The Morgan fingerprint density at radius 3 is 3.13 bits per heavy atom. The maximum Gasteiger partial charge on any atom is 0.129 e. The predicted molar refractivity (Wildman–Crippen MR) is 66.5 cm³/mol. The second kappa shape index (κ2) is 4.21. The summed E-state index contributed by atoms with van der Waals surface area (Å²) in [6, 6.07) is 4.99. The Morgan fingerprint density at radius 2 is 2.40 bits per heavy atom. The quantitative estimate of drug-likeness (QED) is 0.800. The van der Waals surface area contributed by atoms with Crippen LogP contribution in [0.1, 0.15) is 52.2 Å². The number of hydrogen-bond acceptors (Lipinski definition) is 2. The first-order chi connectivity index (χ1) is 7.20. The van der Waals surface area contributed by atoms with Gasteiger partial charge in [0.2, 0.25) is 0 Å². The van der Waals surface area contributed by atoms with Crippen LogP contribution in [0.25, 0.3) is 0 Å². The minimum atomic E-state index is 0. The standard InChI is InChI=1S/C13H20N2.H2/c1-4-9(2)12-8-7-11-6-5-10(3)14-13(11)15-12;/h7-10H,4-6H2,1-3H3,(H,14,15);1H. The summed E-state index contributed by atoms with van der Waals surface area (Å²) in [4.78, 5) is 4.72. The van der Waals surface area contributed by atoms with Crippen LogP contribution in [0.3, 0.4) is 0 Å². The molecule has 2 unspecified atom stereocenters. The van der Waals surface area contributed by atoms with Gasteiger partial charge in [-0.3, -0.25) is 0 Å². The summed E-state index contributed by atoms with van der Waals surface area (Å²) in [5.74, 6) is 1.68. The van der Waals surface area contributed by atoms with Gasteiger partial charge in [-0.25, -0.2) is 4.98 Å². The molecule has 15 heavy (non-hydrogen) atoms. The molecule has 0 radical (unpaired) electrons. The van der Waals surface area contributed by atoms with Gasteiger partial charge < -0.3 is 5.32 Å². The molecule has 1 N–H and O–H groups in total. The SMILES string of the molecule is CCC(C)c1ccc2c(n1)NC(C)CC2.[HH]. The average molecular weight is 206 g/mol. The maximum atomic E-state index is 4.72. The fourth-order valence-corrected chi connectivity index (χ4v) is 1.99. The molecular formula is C13H22N2. The van der Waals surface area contributed by atoms with Crippen LogP contribution in [0, 0.1) is 0 Å². The second-order valence-corrected chi connectivity index (χ2v) is 4.64. The minimum absolute atomic E-state index is 0. The minimum Gasteiger partial charge on any atom is -0.367 e. The van der Waals surface area contributed by atoms with Crippen LogP contribution in [0.2, 0.25) is 0 Å². The van der Waals surface area contributed by atoms with Crippen molar-refractivity contribution in [1.82, 2.24) is 4.98 Å². The highest BCUT2D eigenvalue weighted by molar-refractivity contribution is 5.48. The molecule has 2 nitrogen and oxygen atoms in total. The van der Waals surface area contributed by atoms with E-state index in [2.05, 4.69) is 38.2 Å². The third kappa shape index (κ3) is 2.14. The Balaban J connectivity index is 0.00000128. The van der Waals surface area contributed by atoms with Crippen LogP contribution in [-0.4, -0.2) is 11.0 Å². The highest BCUT2D eigenvalue weighted by Gasteiger charge is 2.16. The van der Waals surface area contributed by atoms with Crippen LogP contribution in [0.5, 0.6) is 0 Å². The lowest BCUT2D eigenvalue weighted by molar-refractivity contribution is 0.660. The number of nitrogens with one attached hydrogen (secondary N) is 1. The Morgan fingerprint density at radius 1 is 1.60 bits per heavy atom. The van der Waals surface area contributed by atoms with Gasteiger partial charge in [-0.15, -0.1) is 0 Å². The summed E-state index contributed by atoms with van der Waals surface area (Å²) in [6.45, 7) is 6.67. The molecule has 2 heteroatoms. The second-order valence-electron chi connectivity index (χ2n) is 4.64. The highest BCUT2D eigenvalue weighted by atomic mass is 15.0. The van der Waals surface area contributed by atoms with Gasteiger partial charge in [0, 0.05) is 13.2 Å². The Bertz CT molecular complexity index is 352. The van der Waals surface area contributed by atoms with E-state index in [0.717, 1.165) is 18.7 Å². The number of pyridine rings is 1. The van der Waals surface area contributed by atoms with Gasteiger partial charge in [-0.1, -0.05) is 19.9 Å². The van der Waals surface area contributed by atoms with E-state index in [4.69, 9.17) is 4.98 Å². The zero-order chi connectivity index (χ0) is 10.8. The number of rotatable bonds is 2. The van der Waals surface area contributed by atoms with Crippen molar-refractivity contribution >= 4 is 5.82 Å². The molecule has 0 saturated heterocycles. The normalized spacial score (nSPS) is 21.7. The molecule has 2 atom stereocenters. The van der Waals surface area contributed by atoms with E-state index >= 15 is 0 Å². The predicted octanol–water partition coefficient (Wildman–Crippen LogP) is 3.59. The molecule has 1 aliphatic rings. The number of nitrogens with zero attached hydrogens (tertiary/aromatic N) is 1. The number of aryl methyl sites for hydroxylation is 1. The Kier molecular flexibility index (Phi) is 2.94. The van der Waals surface area contributed by atoms with Crippen LogP contribution in [0.15, 0.2) is 12.1 Å². The van der Waals surface area contributed by atoms with E-state index in [0.29, 0.717) is 12.0 Å². The monoisotopic (exact) mass is 206 g/mol. The van der Waals surface area contributed by atoms with E-state index in [1.807, 2.05) is 0 Å². The third-order valence-corrected chi connectivity index (χ3v) is 3.35. The summed E-state index contributed by atoms with van der Waals surface area (Å²) in [5.41, 5.74) is 2.60. The van der Waals surface area contributed by atoms with E-state index in [9.17, 15) is 0 Å². The van der Waals surface area contributed by atoms with Gasteiger partial charge in [0.1, 0.15) is 5.82 Å². The van der Waals surface area contributed by atoms with Gasteiger partial charge in [0.15, 0.2) is 0 Å². The number of aromatic nitrogens is 1. The number of hydrogen-bond donors (Lipinski definition) is 1. The largest absolute Gasteiger partial charge is 0.367 e. The maximum absolute atomic E-state index is 4.72. The fraction of sp³-hybridized carbons (Fsp3) is 0.615. The molecule has 0 fully saturated rings. The highest BCUT2D eigenvalue weighted by Crippen LogP contribution is 2.26. The van der Waals surface area contributed by atoms with E-state index in [1.54, 1.807) is 0 Å². The van der Waals surface area contributed by atoms with Crippen LogP contribution in [0.4, 0.5) is 5.82 Å². The molecule has 0 aromatic carbocycles. The van der Waals surface area contributed by atoms with Crippen LogP contribution < -0.4 is 5.32 Å². The van der Waals surface area contributed by atoms with Crippen molar-refractivity contribution in [2.24, 2.45) is 0 Å². The first kappa shape index (κ1) is 10.5. The Labute approximate surface area is 93.6 Å². The first-order valence-electron chi connectivity index (χ1n) is 5.97. The van der Waals surface area contributed by atoms with Crippen molar-refractivity contribution in [3.63, 3.8) is 0 Å².